The molecule has 3 aromatic carbocycles. The highest BCUT2D eigenvalue weighted by molar-refractivity contribution is 5.93. The van der Waals surface area contributed by atoms with Crippen molar-refractivity contribution in [3.05, 3.63) is 90.0 Å². The number of aromatic hydroxyl groups is 2. The van der Waals surface area contributed by atoms with Gasteiger partial charge in [-0.1, -0.05) is 75.6 Å². The normalized spacial score (nSPS) is 11.0. The van der Waals surface area contributed by atoms with Crippen molar-refractivity contribution in [3.63, 3.8) is 0 Å². The van der Waals surface area contributed by atoms with Crippen LogP contribution in [0.15, 0.2) is 78.9 Å². The Morgan fingerprint density at radius 2 is 1.29 bits per heavy atom. The molecule has 0 saturated heterocycles. The zero-order valence-electron chi connectivity index (χ0n) is 19.6. The number of rotatable bonds is 9. The second-order valence-corrected chi connectivity index (χ2v) is 7.75. The highest BCUT2D eigenvalue weighted by atomic mass is 16.5. The largest absolute Gasteiger partial charge is 0.507 e. The number of benzene rings is 3. The van der Waals surface area contributed by atoms with E-state index >= 15 is 0 Å². The van der Waals surface area contributed by atoms with Crippen molar-refractivity contribution in [1.82, 2.24) is 0 Å². The van der Waals surface area contributed by atoms with E-state index in [1.54, 1.807) is 54.6 Å². The minimum atomic E-state index is -0.565. The van der Waals surface area contributed by atoms with Crippen LogP contribution in [0, 0.1) is 5.92 Å². The molecule has 1 atom stereocenters. The van der Waals surface area contributed by atoms with E-state index in [1.807, 2.05) is 6.07 Å². The summed E-state index contributed by atoms with van der Waals surface area (Å²) in [6.45, 7) is 4.69. The first-order valence-corrected chi connectivity index (χ1v) is 11.5. The Morgan fingerprint density at radius 1 is 0.765 bits per heavy atom. The fraction of sp³-hybridized carbons (Fsp3) is 0.286. The lowest BCUT2D eigenvalue weighted by Gasteiger charge is -2.14. The maximum Gasteiger partial charge on any atom is 0.347 e. The summed E-state index contributed by atoms with van der Waals surface area (Å²) in [7, 11) is 0. The number of unbranched alkanes of at least 4 members (excludes halogenated alkanes) is 1. The molecule has 0 aliphatic carbocycles. The van der Waals surface area contributed by atoms with Crippen molar-refractivity contribution in [2.75, 3.05) is 6.61 Å². The van der Waals surface area contributed by atoms with E-state index in [0.717, 1.165) is 25.7 Å². The summed E-state index contributed by atoms with van der Waals surface area (Å²) < 4.78 is 10.3. The molecule has 34 heavy (non-hydrogen) atoms. The Balaban J connectivity index is 0.000000241. The molecular formula is C28H32O6. The molecule has 0 fully saturated rings. The van der Waals surface area contributed by atoms with Gasteiger partial charge in [-0.25, -0.2) is 9.59 Å². The molecule has 6 heteroatoms. The molecule has 0 heterocycles. The molecule has 180 valence electrons. The van der Waals surface area contributed by atoms with Crippen molar-refractivity contribution >= 4 is 11.9 Å². The van der Waals surface area contributed by atoms with Gasteiger partial charge >= 0.3 is 11.9 Å². The van der Waals surface area contributed by atoms with Gasteiger partial charge in [-0.05, 0) is 48.7 Å². The Hall–Kier alpha value is -3.80. The van der Waals surface area contributed by atoms with Crippen LogP contribution in [0.1, 0.15) is 60.2 Å². The lowest BCUT2D eigenvalue weighted by atomic mass is 10.0. The van der Waals surface area contributed by atoms with E-state index in [-0.39, 0.29) is 22.6 Å². The number of phenols is 2. The molecule has 0 bridgehead atoms. The van der Waals surface area contributed by atoms with E-state index in [0.29, 0.717) is 18.3 Å². The van der Waals surface area contributed by atoms with Gasteiger partial charge in [0.15, 0.2) is 0 Å². The predicted molar refractivity (Wildman–Crippen MR) is 131 cm³/mol. The van der Waals surface area contributed by atoms with E-state index in [4.69, 9.17) is 9.47 Å². The molecule has 0 saturated carbocycles. The zero-order chi connectivity index (χ0) is 24.8. The minimum absolute atomic E-state index is 0.0240. The summed E-state index contributed by atoms with van der Waals surface area (Å²) in [4.78, 5) is 23.4. The first-order chi connectivity index (χ1) is 16.5. The van der Waals surface area contributed by atoms with Crippen molar-refractivity contribution in [1.29, 1.82) is 0 Å². The third-order valence-corrected chi connectivity index (χ3v) is 5.20. The van der Waals surface area contributed by atoms with Crippen LogP contribution in [-0.4, -0.2) is 28.8 Å². The van der Waals surface area contributed by atoms with E-state index in [1.165, 1.54) is 18.2 Å². The van der Waals surface area contributed by atoms with E-state index < -0.39 is 11.9 Å². The van der Waals surface area contributed by atoms with Crippen LogP contribution in [0.25, 0.3) is 0 Å². The average molecular weight is 465 g/mol. The maximum atomic E-state index is 11.8. The third kappa shape index (κ3) is 8.62. The molecule has 6 nitrogen and oxygen atoms in total. The number of ether oxygens (including phenoxy) is 2. The van der Waals surface area contributed by atoms with Crippen LogP contribution in [0.4, 0.5) is 0 Å². The number of hydrogen-bond donors (Lipinski definition) is 2. The molecule has 2 N–H and O–H groups in total. The molecule has 0 amide bonds. The monoisotopic (exact) mass is 464 g/mol. The SMILES string of the molecule is CCCCC(CC)COC(=O)c1ccccc1O.O=C(Oc1ccccc1)c1ccccc1O. The summed E-state index contributed by atoms with van der Waals surface area (Å²) in [5, 5.41) is 19.0. The third-order valence-electron chi connectivity index (χ3n) is 5.20. The molecule has 0 aliphatic heterocycles. The quantitative estimate of drug-likeness (QED) is 0.282. The average Bonchev–Trinajstić information content (AvgIpc) is 2.85. The number of esters is 2. The van der Waals surface area contributed by atoms with Gasteiger partial charge in [0.25, 0.3) is 0 Å². The van der Waals surface area contributed by atoms with Crippen LogP contribution in [-0.2, 0) is 4.74 Å². The van der Waals surface area contributed by atoms with Crippen LogP contribution < -0.4 is 4.74 Å². The van der Waals surface area contributed by atoms with Crippen molar-refractivity contribution < 1.29 is 29.3 Å². The zero-order valence-corrected chi connectivity index (χ0v) is 19.6. The summed E-state index contributed by atoms with van der Waals surface area (Å²) >= 11 is 0. The fourth-order valence-electron chi connectivity index (χ4n) is 3.11. The lowest BCUT2D eigenvalue weighted by Crippen LogP contribution is -2.14. The van der Waals surface area contributed by atoms with E-state index in [2.05, 4.69) is 13.8 Å². The first-order valence-electron chi connectivity index (χ1n) is 11.5. The molecular weight excluding hydrogens is 432 g/mol. The van der Waals surface area contributed by atoms with Gasteiger partial charge < -0.3 is 19.7 Å². The van der Waals surface area contributed by atoms with Gasteiger partial charge in [0.1, 0.15) is 28.4 Å². The van der Waals surface area contributed by atoms with Gasteiger partial charge in [-0.3, -0.25) is 0 Å². The number of phenolic OH excluding ortho intramolecular Hbond substituents is 2. The molecule has 0 aromatic heterocycles. The van der Waals surface area contributed by atoms with Crippen LogP contribution in [0.3, 0.4) is 0 Å². The number of carbonyl (C=O) groups excluding carboxylic acids is 2. The molecule has 3 aromatic rings. The second-order valence-electron chi connectivity index (χ2n) is 7.75. The standard InChI is InChI=1S/C15H22O3.C13H10O3/c1-3-5-8-12(4-2)11-18-15(17)13-9-6-7-10-14(13)16;14-12-9-5-4-8-11(12)13(15)16-10-6-2-1-3-7-10/h6-7,9-10,12,16H,3-5,8,11H2,1-2H3;1-9,14H. The summed E-state index contributed by atoms with van der Waals surface area (Å²) in [6, 6.07) is 21.5. The highest BCUT2D eigenvalue weighted by Gasteiger charge is 2.14. The topological polar surface area (TPSA) is 93.1 Å². The van der Waals surface area contributed by atoms with Gasteiger partial charge in [0.05, 0.1) is 6.61 Å². The summed E-state index contributed by atoms with van der Waals surface area (Å²) in [5.41, 5.74) is 0.397. The van der Waals surface area contributed by atoms with Gasteiger partial charge in [0, 0.05) is 0 Å². The smallest absolute Gasteiger partial charge is 0.347 e. The Kier molecular flexibility index (Phi) is 11.2. The Labute approximate surface area is 200 Å². The van der Waals surface area contributed by atoms with Crippen LogP contribution >= 0.6 is 0 Å². The van der Waals surface area contributed by atoms with Crippen molar-refractivity contribution in [2.45, 2.75) is 39.5 Å². The molecule has 0 radical (unpaired) electrons. The number of carbonyl (C=O) groups is 2. The van der Waals surface area contributed by atoms with Crippen molar-refractivity contribution in [2.24, 2.45) is 5.92 Å². The first kappa shape index (κ1) is 26.5. The van der Waals surface area contributed by atoms with Gasteiger partial charge in [-0.2, -0.15) is 0 Å². The number of para-hydroxylation sites is 3. The Bertz CT molecular complexity index is 1030. The van der Waals surface area contributed by atoms with Crippen molar-refractivity contribution in [3.8, 4) is 17.2 Å². The summed E-state index contributed by atoms with van der Waals surface area (Å²) in [6.07, 6.45) is 4.41. The van der Waals surface area contributed by atoms with Crippen LogP contribution in [0.2, 0.25) is 0 Å². The lowest BCUT2D eigenvalue weighted by molar-refractivity contribution is 0.0424. The fourth-order valence-corrected chi connectivity index (χ4v) is 3.11. The van der Waals surface area contributed by atoms with E-state index in [9.17, 15) is 19.8 Å². The second kappa shape index (κ2) is 14.4. The predicted octanol–water partition coefficient (Wildman–Crippen LogP) is 6.38. The molecule has 3 rings (SSSR count). The highest BCUT2D eigenvalue weighted by Crippen LogP contribution is 2.20. The minimum Gasteiger partial charge on any atom is -0.507 e. The van der Waals surface area contributed by atoms with Gasteiger partial charge in [0.2, 0.25) is 0 Å². The summed E-state index contributed by atoms with van der Waals surface area (Å²) in [5.74, 6) is -0.240. The molecule has 1 unspecified atom stereocenters. The molecule has 0 aliphatic rings. The van der Waals surface area contributed by atoms with Gasteiger partial charge in [-0.15, -0.1) is 0 Å². The maximum absolute atomic E-state index is 11.8. The Morgan fingerprint density at radius 3 is 1.82 bits per heavy atom. The molecule has 0 spiro atoms. The number of hydrogen-bond acceptors (Lipinski definition) is 6. The van der Waals surface area contributed by atoms with Crippen LogP contribution in [0.5, 0.6) is 17.2 Å².